The van der Waals surface area contributed by atoms with Crippen molar-refractivity contribution in [2.75, 3.05) is 19.6 Å². The van der Waals surface area contributed by atoms with E-state index in [4.69, 9.17) is 0 Å². The number of nitrogens with zero attached hydrogens (tertiary/aromatic N) is 5. The number of nitrogens with one attached hydrogen (secondary N) is 1. The van der Waals surface area contributed by atoms with Crippen molar-refractivity contribution in [2.45, 2.75) is 52.1 Å². The Labute approximate surface area is 160 Å². The van der Waals surface area contributed by atoms with Crippen molar-refractivity contribution in [3.05, 3.63) is 41.7 Å². The van der Waals surface area contributed by atoms with Gasteiger partial charge in [-0.05, 0) is 61.9 Å². The number of amides is 1. The maximum Gasteiger partial charge on any atom is 0.289 e. The fraction of sp³-hybridized carbons (Fsp3) is 0.600. The standard InChI is InChI=1S/C20H28N6O/c1-2-9-22-19(27)18-24-23-17-3-6-20(15-26(17)18)7-12-25(13-8-20)14-16-4-10-21-11-5-16/h4-5,10-11H,2-3,6-9,12-15H2,1H3,(H,22,27). The zero-order chi connectivity index (χ0) is 18.7. The molecule has 1 N–H and O–H groups in total. The number of hydrogen-bond donors (Lipinski definition) is 1. The van der Waals surface area contributed by atoms with Crippen molar-refractivity contribution in [3.63, 3.8) is 0 Å². The third-order valence-corrected chi connectivity index (χ3v) is 6.01. The molecule has 2 aromatic rings. The fourth-order valence-electron chi connectivity index (χ4n) is 4.30. The van der Waals surface area contributed by atoms with E-state index in [9.17, 15) is 4.79 Å². The average molecular weight is 368 g/mol. The minimum absolute atomic E-state index is 0.0947. The van der Waals surface area contributed by atoms with Gasteiger partial charge in [-0.15, -0.1) is 10.2 Å². The molecule has 1 spiro atoms. The molecule has 2 aromatic heterocycles. The quantitative estimate of drug-likeness (QED) is 0.874. The predicted octanol–water partition coefficient (Wildman–Crippen LogP) is 2.04. The Balaban J connectivity index is 1.41. The summed E-state index contributed by atoms with van der Waals surface area (Å²) in [6.45, 7) is 6.77. The minimum Gasteiger partial charge on any atom is -0.349 e. The summed E-state index contributed by atoms with van der Waals surface area (Å²) in [5, 5.41) is 11.4. The molecule has 4 rings (SSSR count). The molecule has 7 heteroatoms. The second-order valence-electron chi connectivity index (χ2n) is 7.91. The number of aromatic nitrogens is 4. The van der Waals surface area contributed by atoms with Crippen molar-refractivity contribution in [1.29, 1.82) is 0 Å². The highest BCUT2D eigenvalue weighted by Crippen LogP contribution is 2.41. The molecule has 4 heterocycles. The monoisotopic (exact) mass is 368 g/mol. The second kappa shape index (κ2) is 7.76. The number of hydrogen-bond acceptors (Lipinski definition) is 5. The third kappa shape index (κ3) is 3.88. The van der Waals surface area contributed by atoms with Crippen LogP contribution in [0.15, 0.2) is 24.5 Å². The van der Waals surface area contributed by atoms with Gasteiger partial charge in [0.25, 0.3) is 5.91 Å². The summed E-state index contributed by atoms with van der Waals surface area (Å²) in [6.07, 6.45) is 9.02. The van der Waals surface area contributed by atoms with E-state index in [-0.39, 0.29) is 11.3 Å². The van der Waals surface area contributed by atoms with E-state index in [1.807, 2.05) is 19.3 Å². The summed E-state index contributed by atoms with van der Waals surface area (Å²) in [6, 6.07) is 4.19. The molecule has 7 nitrogen and oxygen atoms in total. The molecule has 2 aliphatic rings. The molecule has 0 unspecified atom stereocenters. The van der Waals surface area contributed by atoms with Crippen LogP contribution in [0.4, 0.5) is 0 Å². The van der Waals surface area contributed by atoms with Crippen LogP contribution < -0.4 is 5.32 Å². The molecule has 0 atom stereocenters. The summed E-state index contributed by atoms with van der Waals surface area (Å²) >= 11 is 0. The van der Waals surface area contributed by atoms with Crippen LogP contribution in [0.1, 0.15) is 54.6 Å². The number of carbonyl (C=O) groups is 1. The molecule has 0 aliphatic carbocycles. The molecular formula is C20H28N6O. The average Bonchev–Trinajstić information content (AvgIpc) is 3.12. The lowest BCUT2D eigenvalue weighted by Gasteiger charge is -2.44. The van der Waals surface area contributed by atoms with E-state index < -0.39 is 0 Å². The van der Waals surface area contributed by atoms with E-state index in [1.165, 1.54) is 5.56 Å². The van der Waals surface area contributed by atoms with Crippen LogP contribution >= 0.6 is 0 Å². The second-order valence-corrected chi connectivity index (χ2v) is 7.91. The summed E-state index contributed by atoms with van der Waals surface area (Å²) in [5.41, 5.74) is 1.59. The number of carbonyl (C=O) groups excluding carboxylic acids is 1. The first-order valence-electron chi connectivity index (χ1n) is 10.0. The van der Waals surface area contributed by atoms with Crippen molar-refractivity contribution >= 4 is 5.91 Å². The number of likely N-dealkylation sites (tertiary alicyclic amines) is 1. The van der Waals surface area contributed by atoms with Crippen molar-refractivity contribution in [2.24, 2.45) is 5.41 Å². The molecule has 1 fully saturated rings. The van der Waals surface area contributed by atoms with Crippen LogP contribution in [0.25, 0.3) is 0 Å². The Morgan fingerprint density at radius 3 is 2.70 bits per heavy atom. The van der Waals surface area contributed by atoms with E-state index in [0.717, 1.165) is 64.1 Å². The van der Waals surface area contributed by atoms with Gasteiger partial charge in [-0.3, -0.25) is 14.7 Å². The van der Waals surface area contributed by atoms with Gasteiger partial charge in [0, 0.05) is 38.4 Å². The maximum absolute atomic E-state index is 12.4. The van der Waals surface area contributed by atoms with Crippen LogP contribution in [-0.2, 0) is 19.5 Å². The SMILES string of the molecule is CCCNC(=O)c1nnc2n1CC1(CC2)CCN(Cc2ccncc2)CC1. The highest BCUT2D eigenvalue weighted by atomic mass is 16.2. The van der Waals surface area contributed by atoms with Crippen LogP contribution in [0.2, 0.25) is 0 Å². The van der Waals surface area contributed by atoms with Crippen LogP contribution in [0.3, 0.4) is 0 Å². The Kier molecular flexibility index (Phi) is 5.20. The van der Waals surface area contributed by atoms with Gasteiger partial charge in [0.1, 0.15) is 5.82 Å². The Morgan fingerprint density at radius 1 is 1.19 bits per heavy atom. The zero-order valence-corrected chi connectivity index (χ0v) is 16.0. The molecule has 2 aliphatic heterocycles. The summed E-state index contributed by atoms with van der Waals surface area (Å²) in [5.74, 6) is 1.35. The predicted molar refractivity (Wildman–Crippen MR) is 102 cm³/mol. The highest BCUT2D eigenvalue weighted by Gasteiger charge is 2.39. The van der Waals surface area contributed by atoms with Crippen molar-refractivity contribution < 1.29 is 4.79 Å². The van der Waals surface area contributed by atoms with Crippen LogP contribution in [0.5, 0.6) is 0 Å². The van der Waals surface area contributed by atoms with Crippen molar-refractivity contribution in [3.8, 4) is 0 Å². The van der Waals surface area contributed by atoms with Gasteiger partial charge in [0.15, 0.2) is 0 Å². The van der Waals surface area contributed by atoms with Gasteiger partial charge >= 0.3 is 0 Å². The highest BCUT2D eigenvalue weighted by molar-refractivity contribution is 5.90. The molecule has 0 saturated carbocycles. The number of aryl methyl sites for hydroxylation is 1. The van der Waals surface area contributed by atoms with Crippen LogP contribution in [0, 0.1) is 5.41 Å². The Hall–Kier alpha value is -2.28. The van der Waals surface area contributed by atoms with E-state index in [1.54, 1.807) is 0 Å². The lowest BCUT2D eigenvalue weighted by Crippen LogP contribution is -2.44. The summed E-state index contributed by atoms with van der Waals surface area (Å²) < 4.78 is 2.08. The number of rotatable bonds is 5. The fourth-order valence-corrected chi connectivity index (χ4v) is 4.30. The van der Waals surface area contributed by atoms with Crippen molar-refractivity contribution in [1.82, 2.24) is 30.0 Å². The number of fused-ring (bicyclic) bond motifs is 1. The van der Waals surface area contributed by atoms with E-state index in [2.05, 4.69) is 42.1 Å². The molecule has 144 valence electrons. The first-order valence-corrected chi connectivity index (χ1v) is 10.0. The molecule has 27 heavy (non-hydrogen) atoms. The zero-order valence-electron chi connectivity index (χ0n) is 16.0. The van der Waals surface area contributed by atoms with Gasteiger partial charge < -0.3 is 9.88 Å². The van der Waals surface area contributed by atoms with E-state index >= 15 is 0 Å². The van der Waals surface area contributed by atoms with Gasteiger partial charge in [-0.25, -0.2) is 0 Å². The van der Waals surface area contributed by atoms with Gasteiger partial charge in [0.05, 0.1) is 0 Å². The molecule has 0 radical (unpaired) electrons. The first kappa shape index (κ1) is 18.1. The maximum atomic E-state index is 12.4. The molecular weight excluding hydrogens is 340 g/mol. The molecule has 1 amide bonds. The summed E-state index contributed by atoms with van der Waals surface area (Å²) in [4.78, 5) is 19.0. The smallest absolute Gasteiger partial charge is 0.289 e. The third-order valence-electron chi connectivity index (χ3n) is 6.01. The van der Waals surface area contributed by atoms with Crippen LogP contribution in [-0.4, -0.2) is 50.2 Å². The number of pyridine rings is 1. The lowest BCUT2D eigenvalue weighted by atomic mass is 9.73. The first-order chi connectivity index (χ1) is 13.2. The molecule has 1 saturated heterocycles. The minimum atomic E-state index is -0.0947. The van der Waals surface area contributed by atoms with E-state index in [0.29, 0.717) is 12.4 Å². The lowest BCUT2D eigenvalue weighted by molar-refractivity contribution is 0.0618. The van der Waals surface area contributed by atoms with Gasteiger partial charge in [-0.2, -0.15) is 0 Å². The van der Waals surface area contributed by atoms with Gasteiger partial charge in [0.2, 0.25) is 5.82 Å². The topological polar surface area (TPSA) is 75.9 Å². The largest absolute Gasteiger partial charge is 0.349 e. The summed E-state index contributed by atoms with van der Waals surface area (Å²) in [7, 11) is 0. The Morgan fingerprint density at radius 2 is 1.96 bits per heavy atom. The normalized spacial score (nSPS) is 19.0. The Bertz CT molecular complexity index is 779. The number of piperidine rings is 1. The van der Waals surface area contributed by atoms with Gasteiger partial charge in [-0.1, -0.05) is 6.92 Å². The molecule has 0 bridgehead atoms. The molecule has 0 aromatic carbocycles.